The van der Waals surface area contributed by atoms with E-state index in [0.717, 1.165) is 5.56 Å². The summed E-state index contributed by atoms with van der Waals surface area (Å²) in [5.41, 5.74) is 0.924. The minimum atomic E-state index is -0.343. The van der Waals surface area contributed by atoms with Crippen LogP contribution in [-0.2, 0) is 20.1 Å². The number of benzene rings is 1. The van der Waals surface area contributed by atoms with Crippen molar-refractivity contribution in [1.29, 1.82) is 0 Å². The second kappa shape index (κ2) is 6.43. The van der Waals surface area contributed by atoms with E-state index >= 15 is 0 Å². The summed E-state index contributed by atoms with van der Waals surface area (Å²) < 4.78 is 4.41. The van der Waals surface area contributed by atoms with Gasteiger partial charge in [0.2, 0.25) is 0 Å². The van der Waals surface area contributed by atoms with Crippen molar-refractivity contribution in [3.63, 3.8) is 0 Å². The lowest BCUT2D eigenvalue weighted by Crippen LogP contribution is -2.39. The van der Waals surface area contributed by atoms with Crippen LogP contribution in [0.2, 0.25) is 0 Å². The molecule has 1 N–H and O–H groups in total. The molecule has 0 aliphatic carbocycles. The van der Waals surface area contributed by atoms with Gasteiger partial charge in [0, 0.05) is 20.1 Å². The van der Waals surface area contributed by atoms with Gasteiger partial charge in [0.1, 0.15) is 11.6 Å². The number of fused-ring (bicyclic) bond motifs is 1. The summed E-state index contributed by atoms with van der Waals surface area (Å²) in [6, 6.07) is 6.83. The Morgan fingerprint density at radius 2 is 1.84 bits per heavy atom. The van der Waals surface area contributed by atoms with E-state index in [-0.39, 0.29) is 17.0 Å². The van der Waals surface area contributed by atoms with Gasteiger partial charge in [-0.3, -0.25) is 13.9 Å². The SMILES string of the molecule is CCn1c(=O)c2c(nc(C=Cc3cccc(O)c3)n2C)n(CC)c1=O. The third-order valence-electron chi connectivity index (χ3n) is 4.20. The first-order valence-electron chi connectivity index (χ1n) is 8.15. The summed E-state index contributed by atoms with van der Waals surface area (Å²) in [6.45, 7) is 4.37. The molecule has 0 radical (unpaired) electrons. The molecule has 130 valence electrons. The maximum atomic E-state index is 12.6. The summed E-state index contributed by atoms with van der Waals surface area (Å²) in [7, 11) is 1.75. The van der Waals surface area contributed by atoms with Gasteiger partial charge in [-0.2, -0.15) is 0 Å². The molecule has 0 saturated heterocycles. The lowest BCUT2D eigenvalue weighted by Gasteiger charge is -2.08. The predicted octanol–water partition coefficient (Wildman–Crippen LogP) is 1.81. The number of nitrogens with zero attached hydrogens (tertiary/aromatic N) is 4. The lowest BCUT2D eigenvalue weighted by atomic mass is 10.2. The van der Waals surface area contributed by atoms with Crippen LogP contribution in [0.25, 0.3) is 23.3 Å². The number of phenolic OH excluding ortho intramolecular Hbond substituents is 1. The number of aromatic nitrogens is 4. The molecular weight excluding hydrogens is 320 g/mol. The summed E-state index contributed by atoms with van der Waals surface area (Å²) in [6.07, 6.45) is 3.56. The smallest absolute Gasteiger partial charge is 0.332 e. The third-order valence-corrected chi connectivity index (χ3v) is 4.20. The van der Waals surface area contributed by atoms with Crippen LogP contribution in [0.15, 0.2) is 33.9 Å². The van der Waals surface area contributed by atoms with Gasteiger partial charge in [0.25, 0.3) is 5.56 Å². The maximum Gasteiger partial charge on any atom is 0.332 e. The molecule has 0 atom stereocenters. The largest absolute Gasteiger partial charge is 0.508 e. The number of aryl methyl sites for hydroxylation is 2. The van der Waals surface area contributed by atoms with Gasteiger partial charge in [-0.25, -0.2) is 9.78 Å². The minimum Gasteiger partial charge on any atom is -0.508 e. The third kappa shape index (κ3) is 2.77. The number of hydrogen-bond donors (Lipinski definition) is 1. The first-order chi connectivity index (χ1) is 12.0. The van der Waals surface area contributed by atoms with Crippen molar-refractivity contribution in [3.05, 3.63) is 56.5 Å². The van der Waals surface area contributed by atoms with Crippen LogP contribution in [0.1, 0.15) is 25.2 Å². The molecule has 7 nitrogen and oxygen atoms in total. The van der Waals surface area contributed by atoms with Crippen LogP contribution in [0.3, 0.4) is 0 Å². The second-order valence-electron chi connectivity index (χ2n) is 5.71. The van der Waals surface area contributed by atoms with Crippen molar-refractivity contribution in [1.82, 2.24) is 18.7 Å². The van der Waals surface area contributed by atoms with Gasteiger partial charge in [0.15, 0.2) is 11.2 Å². The number of rotatable bonds is 4. The van der Waals surface area contributed by atoms with Crippen LogP contribution in [0.4, 0.5) is 0 Å². The van der Waals surface area contributed by atoms with E-state index in [1.54, 1.807) is 48.9 Å². The monoisotopic (exact) mass is 340 g/mol. The average molecular weight is 340 g/mol. The van der Waals surface area contributed by atoms with Gasteiger partial charge in [0.05, 0.1) is 0 Å². The number of imidazole rings is 1. The Kier molecular flexibility index (Phi) is 4.31. The van der Waals surface area contributed by atoms with Crippen LogP contribution in [0, 0.1) is 0 Å². The molecule has 25 heavy (non-hydrogen) atoms. The van der Waals surface area contributed by atoms with Crippen molar-refractivity contribution in [2.45, 2.75) is 26.9 Å². The fourth-order valence-corrected chi connectivity index (χ4v) is 2.89. The topological polar surface area (TPSA) is 82.1 Å². The van der Waals surface area contributed by atoms with Crippen LogP contribution in [0.5, 0.6) is 5.75 Å². The molecule has 7 heteroatoms. The zero-order valence-electron chi connectivity index (χ0n) is 14.4. The molecule has 0 fully saturated rings. The Balaban J connectivity index is 2.22. The molecule has 3 rings (SSSR count). The summed E-state index contributed by atoms with van der Waals surface area (Å²) in [5.74, 6) is 0.740. The Bertz CT molecular complexity index is 1090. The fourth-order valence-electron chi connectivity index (χ4n) is 2.89. The highest BCUT2D eigenvalue weighted by Gasteiger charge is 2.17. The lowest BCUT2D eigenvalue weighted by molar-refractivity contribution is 0.475. The van der Waals surface area contributed by atoms with Gasteiger partial charge >= 0.3 is 5.69 Å². The molecule has 0 unspecified atom stereocenters. The van der Waals surface area contributed by atoms with Crippen molar-refractivity contribution >= 4 is 23.3 Å². The van der Waals surface area contributed by atoms with Gasteiger partial charge < -0.3 is 9.67 Å². The first kappa shape index (κ1) is 16.8. The highest BCUT2D eigenvalue weighted by Crippen LogP contribution is 2.16. The van der Waals surface area contributed by atoms with Crippen molar-refractivity contribution in [2.75, 3.05) is 0 Å². The average Bonchev–Trinajstić information content (AvgIpc) is 2.91. The highest BCUT2D eigenvalue weighted by atomic mass is 16.3. The normalized spacial score (nSPS) is 11.6. The quantitative estimate of drug-likeness (QED) is 0.785. The fraction of sp³-hybridized carbons (Fsp3) is 0.278. The molecule has 0 aliphatic rings. The number of phenols is 1. The molecule has 0 amide bonds. The summed E-state index contributed by atoms with van der Waals surface area (Å²) >= 11 is 0. The Labute approximate surface area is 144 Å². The summed E-state index contributed by atoms with van der Waals surface area (Å²) in [5, 5.41) is 9.54. The molecule has 0 saturated carbocycles. The molecule has 2 aromatic heterocycles. The second-order valence-corrected chi connectivity index (χ2v) is 5.71. The van der Waals surface area contributed by atoms with Crippen molar-refractivity contribution in [3.8, 4) is 5.75 Å². The first-order valence-corrected chi connectivity index (χ1v) is 8.15. The molecule has 2 heterocycles. The molecule has 0 spiro atoms. The molecule has 0 aliphatic heterocycles. The van der Waals surface area contributed by atoms with E-state index < -0.39 is 0 Å². The van der Waals surface area contributed by atoms with Crippen molar-refractivity contribution < 1.29 is 5.11 Å². The van der Waals surface area contributed by atoms with Crippen LogP contribution in [-0.4, -0.2) is 23.8 Å². The van der Waals surface area contributed by atoms with E-state index in [4.69, 9.17) is 0 Å². The Morgan fingerprint density at radius 1 is 1.12 bits per heavy atom. The van der Waals surface area contributed by atoms with E-state index in [9.17, 15) is 14.7 Å². The van der Waals surface area contributed by atoms with Gasteiger partial charge in [-0.1, -0.05) is 18.2 Å². The van der Waals surface area contributed by atoms with Gasteiger partial charge in [-0.05, 0) is 37.6 Å². The highest BCUT2D eigenvalue weighted by molar-refractivity contribution is 5.76. The van der Waals surface area contributed by atoms with Crippen LogP contribution < -0.4 is 11.2 Å². The Hall–Kier alpha value is -3.09. The van der Waals surface area contributed by atoms with E-state index in [0.29, 0.717) is 30.1 Å². The molecular formula is C18H20N4O3. The molecule has 0 bridgehead atoms. The van der Waals surface area contributed by atoms with Crippen molar-refractivity contribution in [2.24, 2.45) is 7.05 Å². The van der Waals surface area contributed by atoms with E-state index in [2.05, 4.69) is 4.98 Å². The standard InChI is InChI=1S/C18H20N4O3/c1-4-21-16-15(17(24)22(5-2)18(21)25)20(3)14(19-16)10-9-12-7-6-8-13(23)11-12/h6-11,23H,4-5H2,1-3H3. The number of aromatic hydroxyl groups is 1. The summed E-state index contributed by atoms with van der Waals surface area (Å²) in [4.78, 5) is 29.5. The zero-order valence-corrected chi connectivity index (χ0v) is 14.4. The number of hydrogen-bond acceptors (Lipinski definition) is 4. The van der Waals surface area contributed by atoms with E-state index in [1.165, 1.54) is 9.13 Å². The van der Waals surface area contributed by atoms with Crippen LogP contribution >= 0.6 is 0 Å². The van der Waals surface area contributed by atoms with Gasteiger partial charge in [-0.15, -0.1) is 0 Å². The predicted molar refractivity (Wildman–Crippen MR) is 97.6 cm³/mol. The zero-order chi connectivity index (χ0) is 18.1. The maximum absolute atomic E-state index is 12.6. The minimum absolute atomic E-state index is 0.179. The molecule has 1 aromatic carbocycles. The Morgan fingerprint density at radius 3 is 2.48 bits per heavy atom. The van der Waals surface area contributed by atoms with E-state index in [1.807, 2.05) is 13.0 Å². The molecule has 3 aromatic rings.